The van der Waals surface area contributed by atoms with Gasteiger partial charge in [0.1, 0.15) is 12.0 Å². The predicted molar refractivity (Wildman–Crippen MR) is 119 cm³/mol. The van der Waals surface area contributed by atoms with Crippen LogP contribution >= 0.6 is 0 Å². The maximum absolute atomic E-state index is 14.0. The van der Waals surface area contributed by atoms with E-state index in [4.69, 9.17) is 9.15 Å². The molecule has 0 saturated carbocycles. The maximum Gasteiger partial charge on any atom is 0.411 e. The molecule has 3 heterocycles. The summed E-state index contributed by atoms with van der Waals surface area (Å²) in [5.74, 6) is -0.585. The van der Waals surface area contributed by atoms with E-state index >= 15 is 0 Å². The molecule has 1 saturated heterocycles. The van der Waals surface area contributed by atoms with Gasteiger partial charge in [-0.2, -0.15) is 13.2 Å². The van der Waals surface area contributed by atoms with Gasteiger partial charge < -0.3 is 9.15 Å². The largest absolute Gasteiger partial charge is 0.486 e. The molecule has 2 aliphatic rings. The summed E-state index contributed by atoms with van der Waals surface area (Å²) in [6.07, 6.45) is -0.899. The molecule has 0 aliphatic carbocycles. The fraction of sp³-hybridized carbons (Fsp3) is 0.522. The second kappa shape index (κ2) is 9.71. The minimum atomic E-state index is -4.63. The van der Waals surface area contributed by atoms with Crippen LogP contribution in [-0.4, -0.2) is 56.3 Å². The van der Waals surface area contributed by atoms with Crippen molar-refractivity contribution in [1.82, 2.24) is 9.21 Å². The lowest BCUT2D eigenvalue weighted by molar-refractivity contribution is -0.193. The van der Waals surface area contributed by atoms with Gasteiger partial charge in [-0.1, -0.05) is 24.3 Å². The highest BCUT2D eigenvalue weighted by Gasteiger charge is 2.47. The summed E-state index contributed by atoms with van der Waals surface area (Å²) in [4.78, 5) is 13.8. The monoisotopic (exact) mass is 500 g/mol. The lowest BCUT2D eigenvalue weighted by atomic mass is 9.98. The van der Waals surface area contributed by atoms with Crippen molar-refractivity contribution >= 4 is 10.0 Å². The molecule has 7 nitrogen and oxygen atoms in total. The first kappa shape index (κ1) is 24.7. The van der Waals surface area contributed by atoms with Crippen molar-refractivity contribution in [3.05, 3.63) is 63.7 Å². The van der Waals surface area contributed by atoms with Crippen molar-refractivity contribution in [3.63, 3.8) is 0 Å². The molecule has 1 atom stereocenters. The number of halogens is 3. The number of nitrogens with zero attached hydrogens (tertiary/aromatic N) is 2. The minimum Gasteiger partial charge on any atom is -0.486 e. The van der Waals surface area contributed by atoms with Crippen LogP contribution in [0, 0.1) is 5.92 Å². The quantitative estimate of drug-likeness (QED) is 0.605. The summed E-state index contributed by atoms with van der Waals surface area (Å²) in [6, 6.07) is 6.20. The molecule has 11 heteroatoms. The summed E-state index contributed by atoms with van der Waals surface area (Å²) in [5, 5.41) is 0. The first-order chi connectivity index (χ1) is 16.0. The molecule has 0 amide bonds. The van der Waals surface area contributed by atoms with Crippen LogP contribution in [0.4, 0.5) is 13.2 Å². The molecule has 1 aromatic heterocycles. The van der Waals surface area contributed by atoms with Crippen molar-refractivity contribution in [2.45, 2.75) is 38.0 Å². The molecule has 186 valence electrons. The van der Waals surface area contributed by atoms with Crippen LogP contribution in [0.5, 0.6) is 5.75 Å². The third kappa shape index (κ3) is 5.64. The molecular formula is C23H27F3N2O5S. The summed E-state index contributed by atoms with van der Waals surface area (Å²) < 4.78 is 77.5. The molecule has 34 heavy (non-hydrogen) atoms. The average Bonchev–Trinajstić information content (AvgIpc) is 2.77. The number of piperidine rings is 1. The van der Waals surface area contributed by atoms with Crippen LogP contribution < -0.4 is 10.2 Å². The Morgan fingerprint density at radius 1 is 1.15 bits per heavy atom. The second-order valence-corrected chi connectivity index (χ2v) is 10.8. The topological polar surface area (TPSA) is 80.1 Å². The van der Waals surface area contributed by atoms with E-state index in [9.17, 15) is 26.4 Å². The van der Waals surface area contributed by atoms with Crippen LogP contribution in [0.25, 0.3) is 0 Å². The van der Waals surface area contributed by atoms with Crippen molar-refractivity contribution in [1.29, 1.82) is 0 Å². The Balaban J connectivity index is 1.44. The van der Waals surface area contributed by atoms with Crippen molar-refractivity contribution < 1.29 is 30.7 Å². The molecule has 0 spiro atoms. The maximum atomic E-state index is 14.0. The van der Waals surface area contributed by atoms with Crippen LogP contribution in [0.1, 0.15) is 35.8 Å². The van der Waals surface area contributed by atoms with E-state index in [0.717, 1.165) is 29.7 Å². The van der Waals surface area contributed by atoms with Gasteiger partial charge in [0.2, 0.25) is 21.2 Å². The van der Waals surface area contributed by atoms with E-state index in [1.807, 2.05) is 18.2 Å². The van der Waals surface area contributed by atoms with Gasteiger partial charge in [-0.25, -0.2) is 12.7 Å². The first-order valence-electron chi connectivity index (χ1n) is 11.1. The second-order valence-electron chi connectivity index (χ2n) is 8.86. The van der Waals surface area contributed by atoms with E-state index in [2.05, 4.69) is 0 Å². The zero-order valence-corrected chi connectivity index (χ0v) is 19.6. The molecule has 0 bridgehead atoms. The van der Waals surface area contributed by atoms with Gasteiger partial charge in [0.15, 0.2) is 6.04 Å². The normalized spacial score (nSPS) is 19.5. The van der Waals surface area contributed by atoms with E-state index in [1.54, 1.807) is 6.07 Å². The average molecular weight is 501 g/mol. The van der Waals surface area contributed by atoms with Gasteiger partial charge in [-0.3, -0.25) is 9.69 Å². The van der Waals surface area contributed by atoms with Gasteiger partial charge in [0.05, 0.1) is 12.9 Å². The van der Waals surface area contributed by atoms with Crippen molar-refractivity contribution in [2.75, 3.05) is 32.5 Å². The minimum absolute atomic E-state index is 0.0356. The van der Waals surface area contributed by atoms with E-state index in [-0.39, 0.29) is 31.4 Å². The smallest absolute Gasteiger partial charge is 0.411 e. The molecule has 0 unspecified atom stereocenters. The van der Waals surface area contributed by atoms with E-state index < -0.39 is 33.4 Å². The lowest BCUT2D eigenvalue weighted by Crippen LogP contribution is -2.41. The molecule has 1 aromatic carbocycles. The number of fused-ring (bicyclic) bond motifs is 1. The molecule has 0 N–H and O–H groups in total. The highest BCUT2D eigenvalue weighted by Crippen LogP contribution is 2.40. The number of hydrogen-bond donors (Lipinski definition) is 0. The van der Waals surface area contributed by atoms with Gasteiger partial charge >= 0.3 is 6.18 Å². The van der Waals surface area contributed by atoms with E-state index in [0.29, 0.717) is 32.4 Å². The van der Waals surface area contributed by atoms with Crippen molar-refractivity contribution in [2.24, 2.45) is 5.92 Å². The fourth-order valence-electron chi connectivity index (χ4n) is 4.56. The summed E-state index contributed by atoms with van der Waals surface area (Å²) >= 11 is 0. The Kier molecular flexibility index (Phi) is 7.07. The number of hydrogen-bond acceptors (Lipinski definition) is 6. The van der Waals surface area contributed by atoms with Crippen LogP contribution in [0.3, 0.4) is 0 Å². The first-order valence-corrected chi connectivity index (χ1v) is 13.0. The van der Waals surface area contributed by atoms with E-state index in [1.165, 1.54) is 9.21 Å². The van der Waals surface area contributed by atoms with Crippen LogP contribution in [0.15, 0.2) is 45.8 Å². The highest BCUT2D eigenvalue weighted by molar-refractivity contribution is 7.88. The molecular weight excluding hydrogens is 473 g/mol. The highest BCUT2D eigenvalue weighted by atomic mass is 32.2. The third-order valence-electron chi connectivity index (χ3n) is 6.44. The Bertz CT molecular complexity index is 1170. The summed E-state index contributed by atoms with van der Waals surface area (Å²) in [7, 11) is -3.24. The van der Waals surface area contributed by atoms with Gasteiger partial charge in [0.25, 0.3) is 0 Å². The number of rotatable bonds is 6. The molecule has 4 rings (SSSR count). The summed E-state index contributed by atoms with van der Waals surface area (Å²) in [6.45, 7) is 1.19. The zero-order chi connectivity index (χ0) is 24.5. The molecule has 2 aromatic rings. The van der Waals surface area contributed by atoms with Gasteiger partial charge in [-0.15, -0.1) is 0 Å². The Morgan fingerprint density at radius 2 is 1.82 bits per heavy atom. The number of ether oxygens (including phenoxy) is 1. The predicted octanol–water partition coefficient (Wildman–Crippen LogP) is 3.35. The SMILES string of the molecule is CS(=O)(=O)N1CCC(COc2coc([C@@H](N3CCc4ccccc4C3)C(F)(F)F)cc2=O)CC1. The fourth-order valence-corrected chi connectivity index (χ4v) is 5.44. The van der Waals surface area contributed by atoms with Gasteiger partial charge in [0, 0.05) is 32.2 Å². The third-order valence-corrected chi connectivity index (χ3v) is 7.74. The van der Waals surface area contributed by atoms with Crippen LogP contribution in [0.2, 0.25) is 0 Å². The molecule has 2 aliphatic heterocycles. The molecule has 0 radical (unpaired) electrons. The molecule has 1 fully saturated rings. The number of benzene rings is 1. The van der Waals surface area contributed by atoms with Crippen molar-refractivity contribution in [3.8, 4) is 5.75 Å². The zero-order valence-electron chi connectivity index (χ0n) is 18.8. The van der Waals surface area contributed by atoms with Crippen LogP contribution in [-0.2, 0) is 23.0 Å². The Morgan fingerprint density at radius 3 is 2.44 bits per heavy atom. The lowest BCUT2D eigenvalue weighted by Gasteiger charge is -2.35. The Hall–Kier alpha value is -2.37. The summed E-state index contributed by atoms with van der Waals surface area (Å²) in [5.41, 5.74) is 1.17. The number of sulfonamides is 1. The number of alkyl halides is 3. The Labute approximate surface area is 196 Å². The standard InChI is InChI=1S/C23H27F3N2O5S/c1-34(30,31)28-10-6-16(7-11-28)14-32-21-15-33-20(12-19(21)29)22(23(24,25)26)27-9-8-17-4-2-3-5-18(17)13-27/h2-5,12,15-16,22H,6-11,13-14H2,1H3/t22-/m1/s1. The van der Waals surface area contributed by atoms with Gasteiger partial charge in [-0.05, 0) is 36.3 Å².